The summed E-state index contributed by atoms with van der Waals surface area (Å²) in [5.41, 5.74) is -1.46. The van der Waals surface area contributed by atoms with Crippen LogP contribution < -0.4 is 15.6 Å². The van der Waals surface area contributed by atoms with Gasteiger partial charge in [0.15, 0.2) is 29.0 Å². The van der Waals surface area contributed by atoms with Gasteiger partial charge in [-0.2, -0.15) is 10.2 Å². The Labute approximate surface area is 217 Å². The number of benzene rings is 2. The molecule has 10 nitrogen and oxygen atoms in total. The molecule has 0 aliphatic rings. The second-order valence-electron chi connectivity index (χ2n) is 8.30. The quantitative estimate of drug-likeness (QED) is 0.260. The van der Waals surface area contributed by atoms with Gasteiger partial charge in [0.1, 0.15) is 17.7 Å². The molecule has 2 aromatic carbocycles. The highest BCUT2D eigenvalue weighted by molar-refractivity contribution is 5.93. The smallest absolute Gasteiger partial charge is 0.271 e. The fourth-order valence-corrected chi connectivity index (χ4v) is 3.61. The van der Waals surface area contributed by atoms with Crippen LogP contribution in [0.1, 0.15) is 11.6 Å². The third-order valence-electron chi connectivity index (χ3n) is 5.50. The molecule has 2 heterocycles. The van der Waals surface area contributed by atoms with Crippen molar-refractivity contribution in [1.82, 2.24) is 19.6 Å². The van der Waals surface area contributed by atoms with E-state index in [1.165, 1.54) is 16.9 Å². The number of halogens is 4. The number of amides is 1. The average Bonchev–Trinajstić information content (AvgIpc) is 3.33. The van der Waals surface area contributed by atoms with Crippen molar-refractivity contribution in [3.63, 3.8) is 0 Å². The summed E-state index contributed by atoms with van der Waals surface area (Å²) in [7, 11) is 0. The molecule has 0 fully saturated rings. The van der Waals surface area contributed by atoms with Gasteiger partial charge in [0, 0.05) is 30.3 Å². The van der Waals surface area contributed by atoms with Gasteiger partial charge in [-0.3, -0.25) is 14.3 Å². The molecule has 0 aliphatic heterocycles. The predicted octanol–water partition coefficient (Wildman–Crippen LogP) is 2.56. The number of para-hydroxylation sites is 1. The van der Waals surface area contributed by atoms with Gasteiger partial charge < -0.3 is 20.3 Å². The van der Waals surface area contributed by atoms with Gasteiger partial charge in [0.25, 0.3) is 11.5 Å². The first-order valence-electron chi connectivity index (χ1n) is 11.4. The Morgan fingerprint density at radius 1 is 1.03 bits per heavy atom. The SMILES string of the molecule is O=C(Nc1ccn(C[C@@H](O)CO)n1)C(Cc1c(F)cccc1F)n1ncc(Oc2c(F)cccc2F)cc1=O. The minimum absolute atomic E-state index is 0.0211. The number of anilines is 1. The number of nitrogens with zero attached hydrogens (tertiary/aromatic N) is 4. The van der Waals surface area contributed by atoms with Crippen molar-refractivity contribution in [2.24, 2.45) is 0 Å². The predicted molar refractivity (Wildman–Crippen MR) is 128 cm³/mol. The van der Waals surface area contributed by atoms with Crippen molar-refractivity contribution in [3.8, 4) is 11.5 Å². The zero-order valence-corrected chi connectivity index (χ0v) is 20.0. The van der Waals surface area contributed by atoms with Crippen LogP contribution in [0.2, 0.25) is 0 Å². The third-order valence-corrected chi connectivity index (χ3v) is 5.50. The second-order valence-corrected chi connectivity index (χ2v) is 8.30. The topological polar surface area (TPSA) is 132 Å². The van der Waals surface area contributed by atoms with Gasteiger partial charge in [-0.15, -0.1) is 0 Å². The van der Waals surface area contributed by atoms with E-state index in [0.29, 0.717) is 4.68 Å². The minimum Gasteiger partial charge on any atom is -0.449 e. The Morgan fingerprint density at radius 3 is 2.28 bits per heavy atom. The summed E-state index contributed by atoms with van der Waals surface area (Å²) in [6, 6.07) is 6.68. The number of carbonyl (C=O) groups is 1. The van der Waals surface area contributed by atoms with E-state index in [9.17, 15) is 32.3 Å². The lowest BCUT2D eigenvalue weighted by Crippen LogP contribution is -2.36. The summed E-state index contributed by atoms with van der Waals surface area (Å²) in [6.45, 7) is -0.600. The average molecular weight is 547 g/mol. The fourth-order valence-electron chi connectivity index (χ4n) is 3.61. The van der Waals surface area contributed by atoms with Gasteiger partial charge in [0.05, 0.1) is 25.5 Å². The molecular weight excluding hydrogens is 526 g/mol. The molecule has 0 saturated heterocycles. The van der Waals surface area contributed by atoms with Crippen molar-refractivity contribution in [3.05, 3.63) is 100 Å². The molecule has 39 heavy (non-hydrogen) atoms. The largest absolute Gasteiger partial charge is 0.449 e. The van der Waals surface area contributed by atoms with Crippen LogP contribution in [0.4, 0.5) is 23.4 Å². The van der Waals surface area contributed by atoms with Crippen LogP contribution in [0, 0.1) is 23.3 Å². The number of ether oxygens (including phenoxy) is 1. The lowest BCUT2D eigenvalue weighted by molar-refractivity contribution is -0.119. The first kappa shape index (κ1) is 27.5. The van der Waals surface area contributed by atoms with E-state index >= 15 is 0 Å². The molecule has 0 aliphatic carbocycles. The lowest BCUT2D eigenvalue weighted by Gasteiger charge is -2.19. The van der Waals surface area contributed by atoms with E-state index in [0.717, 1.165) is 48.7 Å². The van der Waals surface area contributed by atoms with Crippen molar-refractivity contribution in [2.45, 2.75) is 25.1 Å². The van der Waals surface area contributed by atoms with Gasteiger partial charge >= 0.3 is 0 Å². The first-order valence-corrected chi connectivity index (χ1v) is 11.4. The number of aliphatic hydroxyl groups is 2. The second kappa shape index (κ2) is 11.9. The van der Waals surface area contributed by atoms with Crippen LogP contribution in [0.15, 0.2) is 65.7 Å². The number of nitrogens with one attached hydrogen (secondary N) is 1. The molecule has 0 bridgehead atoms. The summed E-state index contributed by atoms with van der Waals surface area (Å²) < 4.78 is 63.7. The number of rotatable bonds is 10. The molecule has 3 N–H and O–H groups in total. The fraction of sp³-hybridized carbons (Fsp3) is 0.200. The summed E-state index contributed by atoms with van der Waals surface area (Å²) in [4.78, 5) is 26.1. The molecule has 1 unspecified atom stereocenters. The van der Waals surface area contributed by atoms with Crippen LogP contribution in [-0.4, -0.2) is 48.4 Å². The minimum atomic E-state index is -1.60. The molecule has 14 heteroatoms. The van der Waals surface area contributed by atoms with Crippen molar-refractivity contribution >= 4 is 11.7 Å². The Bertz CT molecular complexity index is 1500. The molecule has 0 radical (unpaired) electrons. The summed E-state index contributed by atoms with van der Waals surface area (Å²) in [5.74, 6) is -6.05. The molecule has 4 aromatic rings. The maximum atomic E-state index is 14.4. The standard InChI is InChI=1S/C25H21F4N5O5/c26-17-3-1-4-18(27)16(17)10-21(25(38)31-22-7-8-33(32-22)12-14(36)13-35)34-23(37)9-15(11-30-34)39-24-19(28)5-2-6-20(24)29/h1-9,11,14,21,35-36H,10,12-13H2,(H,31,32,38)/t14-,21?/m1/s1. The van der Waals surface area contributed by atoms with Crippen molar-refractivity contribution < 1.29 is 37.3 Å². The molecule has 4 rings (SSSR count). The maximum Gasteiger partial charge on any atom is 0.271 e. The molecule has 0 saturated carbocycles. The summed E-state index contributed by atoms with van der Waals surface area (Å²) >= 11 is 0. The highest BCUT2D eigenvalue weighted by Gasteiger charge is 2.27. The van der Waals surface area contributed by atoms with Crippen LogP contribution in [0.5, 0.6) is 11.5 Å². The normalized spacial score (nSPS) is 12.7. The Morgan fingerprint density at radius 2 is 1.67 bits per heavy atom. The molecule has 204 valence electrons. The number of carbonyl (C=O) groups excluding carboxylic acids is 1. The summed E-state index contributed by atoms with van der Waals surface area (Å²) in [5, 5.41) is 28.8. The van der Waals surface area contributed by atoms with E-state index in [1.807, 2.05) is 0 Å². The first-order chi connectivity index (χ1) is 18.7. The molecular formula is C25H21F4N5O5. The number of hydrogen-bond acceptors (Lipinski definition) is 7. The van der Waals surface area contributed by atoms with E-state index in [4.69, 9.17) is 9.84 Å². The van der Waals surface area contributed by atoms with Crippen molar-refractivity contribution in [1.29, 1.82) is 0 Å². The van der Waals surface area contributed by atoms with Gasteiger partial charge in [-0.1, -0.05) is 12.1 Å². The molecule has 2 aromatic heterocycles. The Kier molecular flexibility index (Phi) is 8.36. The third kappa shape index (κ3) is 6.48. The Hall–Kier alpha value is -4.56. The molecule has 1 amide bonds. The summed E-state index contributed by atoms with van der Waals surface area (Å²) in [6.07, 6.45) is 0.574. The van der Waals surface area contributed by atoms with E-state index in [1.54, 1.807) is 0 Å². The van der Waals surface area contributed by atoms with Crippen LogP contribution >= 0.6 is 0 Å². The number of hydrogen-bond donors (Lipinski definition) is 3. The number of aliphatic hydroxyl groups excluding tert-OH is 2. The van der Waals surface area contributed by atoms with Crippen LogP contribution in [0.3, 0.4) is 0 Å². The van der Waals surface area contributed by atoms with Crippen LogP contribution in [0.25, 0.3) is 0 Å². The van der Waals surface area contributed by atoms with E-state index < -0.39 is 71.2 Å². The van der Waals surface area contributed by atoms with E-state index in [-0.39, 0.29) is 18.1 Å². The Balaban J connectivity index is 1.65. The maximum absolute atomic E-state index is 14.4. The molecule has 2 atom stereocenters. The highest BCUT2D eigenvalue weighted by Crippen LogP contribution is 2.27. The van der Waals surface area contributed by atoms with Gasteiger partial charge in [0.2, 0.25) is 0 Å². The molecule has 0 spiro atoms. The zero-order valence-electron chi connectivity index (χ0n) is 20.0. The van der Waals surface area contributed by atoms with Crippen molar-refractivity contribution in [2.75, 3.05) is 11.9 Å². The highest BCUT2D eigenvalue weighted by atomic mass is 19.1. The van der Waals surface area contributed by atoms with Gasteiger partial charge in [-0.25, -0.2) is 22.2 Å². The zero-order chi connectivity index (χ0) is 28.1. The van der Waals surface area contributed by atoms with Crippen LogP contribution in [-0.2, 0) is 17.8 Å². The number of aromatic nitrogens is 4. The monoisotopic (exact) mass is 547 g/mol. The van der Waals surface area contributed by atoms with E-state index in [2.05, 4.69) is 15.5 Å². The lowest BCUT2D eigenvalue weighted by atomic mass is 10.0. The van der Waals surface area contributed by atoms with Gasteiger partial charge in [-0.05, 0) is 24.3 Å².